The van der Waals surface area contributed by atoms with Crippen LogP contribution >= 0.6 is 15.9 Å². The fourth-order valence-corrected chi connectivity index (χ4v) is 2.63. The highest BCUT2D eigenvalue weighted by molar-refractivity contribution is 9.10. The number of fused-ring (bicyclic) bond motifs is 3. The molecule has 0 atom stereocenters. The Morgan fingerprint density at radius 1 is 1.42 bits per heavy atom. The van der Waals surface area contributed by atoms with Gasteiger partial charge in [-0.05, 0) is 24.6 Å². The van der Waals surface area contributed by atoms with Gasteiger partial charge in [-0.2, -0.15) is 0 Å². The van der Waals surface area contributed by atoms with Gasteiger partial charge in [-0.25, -0.2) is 0 Å². The van der Waals surface area contributed by atoms with Crippen molar-refractivity contribution in [3.8, 4) is 5.69 Å². The van der Waals surface area contributed by atoms with Crippen LogP contribution in [0.2, 0.25) is 0 Å². The van der Waals surface area contributed by atoms with Gasteiger partial charge >= 0.3 is 0 Å². The minimum Gasteiger partial charge on any atom is -0.345 e. The molecule has 98 valence electrons. The van der Waals surface area contributed by atoms with Crippen LogP contribution in [0.3, 0.4) is 0 Å². The molecule has 1 aromatic heterocycles. The second-order valence-electron chi connectivity index (χ2n) is 4.46. The van der Waals surface area contributed by atoms with Gasteiger partial charge in [-0.15, -0.1) is 10.2 Å². The third kappa shape index (κ3) is 2.06. The van der Waals surface area contributed by atoms with Crippen LogP contribution in [0.5, 0.6) is 0 Å². The van der Waals surface area contributed by atoms with E-state index in [1.165, 1.54) is 0 Å². The molecule has 1 aliphatic heterocycles. The third-order valence-electron chi connectivity index (χ3n) is 3.12. The molecule has 1 amide bonds. The summed E-state index contributed by atoms with van der Waals surface area (Å²) >= 11 is 3.40. The van der Waals surface area contributed by atoms with Crippen molar-refractivity contribution >= 4 is 21.8 Å². The molecule has 1 aromatic carbocycles. The predicted molar refractivity (Wildman–Crippen MR) is 74.2 cm³/mol. The predicted octanol–water partition coefficient (Wildman–Crippen LogP) is 2.23. The summed E-state index contributed by atoms with van der Waals surface area (Å²) in [6.45, 7) is 2.51. The number of halogens is 1. The van der Waals surface area contributed by atoms with Crippen LogP contribution in [0, 0.1) is 0 Å². The van der Waals surface area contributed by atoms with Gasteiger partial charge in [-0.1, -0.05) is 22.9 Å². The van der Waals surface area contributed by atoms with Crippen molar-refractivity contribution in [2.45, 2.75) is 26.3 Å². The summed E-state index contributed by atoms with van der Waals surface area (Å²) in [5.74, 6) is 1.60. The van der Waals surface area contributed by atoms with Gasteiger partial charge < -0.3 is 5.32 Å². The molecule has 0 unspecified atom stereocenters. The Morgan fingerprint density at radius 2 is 2.26 bits per heavy atom. The zero-order valence-electron chi connectivity index (χ0n) is 10.5. The van der Waals surface area contributed by atoms with Crippen molar-refractivity contribution in [2.75, 3.05) is 0 Å². The monoisotopic (exact) mass is 320 g/mol. The maximum atomic E-state index is 12.1. The van der Waals surface area contributed by atoms with Crippen LogP contribution in [0.4, 0.5) is 0 Å². The molecule has 0 radical (unpaired) electrons. The molecular formula is C13H13BrN4O. The highest BCUT2D eigenvalue weighted by atomic mass is 79.9. The molecule has 3 rings (SSSR count). The Morgan fingerprint density at radius 3 is 3.05 bits per heavy atom. The molecule has 0 fully saturated rings. The summed E-state index contributed by atoms with van der Waals surface area (Å²) in [6, 6.07) is 5.68. The third-order valence-corrected chi connectivity index (χ3v) is 3.62. The molecule has 1 aliphatic rings. The van der Waals surface area contributed by atoms with Crippen molar-refractivity contribution in [1.29, 1.82) is 0 Å². The minimum absolute atomic E-state index is 0.0794. The highest BCUT2D eigenvalue weighted by Gasteiger charge is 2.23. The van der Waals surface area contributed by atoms with E-state index in [1.807, 2.05) is 22.8 Å². The van der Waals surface area contributed by atoms with Crippen LogP contribution in [-0.4, -0.2) is 20.7 Å². The van der Waals surface area contributed by atoms with E-state index in [2.05, 4.69) is 38.4 Å². The van der Waals surface area contributed by atoms with Gasteiger partial charge in [0.05, 0.1) is 17.8 Å². The average Bonchev–Trinajstić information content (AvgIpc) is 2.73. The Bertz CT molecular complexity index is 650. The summed E-state index contributed by atoms with van der Waals surface area (Å²) in [6.07, 6.45) is 1.84. The lowest BCUT2D eigenvalue weighted by molar-refractivity contribution is 0.0952. The van der Waals surface area contributed by atoms with Crippen LogP contribution in [0.1, 0.15) is 35.4 Å². The number of nitrogens with one attached hydrogen (secondary N) is 1. The molecule has 0 spiro atoms. The number of hydrogen-bond donors (Lipinski definition) is 1. The van der Waals surface area contributed by atoms with Crippen LogP contribution in [-0.2, 0) is 13.0 Å². The smallest absolute Gasteiger partial charge is 0.253 e. The Kier molecular flexibility index (Phi) is 3.10. The molecule has 19 heavy (non-hydrogen) atoms. The van der Waals surface area contributed by atoms with E-state index in [-0.39, 0.29) is 5.91 Å². The van der Waals surface area contributed by atoms with Crippen LogP contribution in [0.15, 0.2) is 22.7 Å². The molecule has 0 aliphatic carbocycles. The van der Waals surface area contributed by atoms with Crippen LogP contribution < -0.4 is 5.32 Å². The van der Waals surface area contributed by atoms with E-state index in [0.717, 1.165) is 34.7 Å². The second-order valence-corrected chi connectivity index (χ2v) is 5.38. The highest BCUT2D eigenvalue weighted by Crippen LogP contribution is 2.25. The van der Waals surface area contributed by atoms with E-state index in [9.17, 15) is 4.79 Å². The van der Waals surface area contributed by atoms with E-state index < -0.39 is 0 Å². The van der Waals surface area contributed by atoms with E-state index in [0.29, 0.717) is 12.1 Å². The lowest BCUT2D eigenvalue weighted by Crippen LogP contribution is -2.21. The van der Waals surface area contributed by atoms with Crippen molar-refractivity contribution in [1.82, 2.24) is 20.1 Å². The van der Waals surface area contributed by atoms with E-state index in [1.54, 1.807) is 0 Å². The number of nitrogens with zero attached hydrogens (tertiary/aromatic N) is 3. The summed E-state index contributed by atoms with van der Waals surface area (Å²) in [7, 11) is 0. The number of aromatic nitrogens is 3. The van der Waals surface area contributed by atoms with Crippen molar-refractivity contribution in [3.63, 3.8) is 0 Å². The fraction of sp³-hybridized carbons (Fsp3) is 0.308. The SMILES string of the molecule is CCCc1nnc2n1-c1ccc(Br)cc1C(=O)NC2. The van der Waals surface area contributed by atoms with E-state index in [4.69, 9.17) is 0 Å². The number of aryl methyl sites for hydroxylation is 1. The molecule has 2 heterocycles. The summed E-state index contributed by atoms with van der Waals surface area (Å²) in [4.78, 5) is 12.1. The van der Waals surface area contributed by atoms with Gasteiger partial charge in [0.25, 0.3) is 5.91 Å². The Balaban J connectivity index is 2.24. The first kappa shape index (κ1) is 12.3. The zero-order valence-corrected chi connectivity index (χ0v) is 12.1. The molecule has 0 saturated carbocycles. The average molecular weight is 321 g/mol. The number of hydrogen-bond acceptors (Lipinski definition) is 3. The van der Waals surface area contributed by atoms with Gasteiger partial charge in [0.15, 0.2) is 5.82 Å². The zero-order chi connectivity index (χ0) is 13.4. The fourth-order valence-electron chi connectivity index (χ4n) is 2.27. The van der Waals surface area contributed by atoms with Crippen molar-refractivity contribution in [3.05, 3.63) is 39.9 Å². The first-order valence-electron chi connectivity index (χ1n) is 6.22. The lowest BCUT2D eigenvalue weighted by Gasteiger charge is -2.10. The lowest BCUT2D eigenvalue weighted by atomic mass is 10.1. The molecule has 0 saturated heterocycles. The second kappa shape index (κ2) is 4.77. The number of rotatable bonds is 2. The van der Waals surface area contributed by atoms with Gasteiger partial charge in [0.1, 0.15) is 5.82 Å². The summed E-state index contributed by atoms with van der Waals surface area (Å²) < 4.78 is 2.87. The van der Waals surface area contributed by atoms with Gasteiger partial charge in [-0.3, -0.25) is 9.36 Å². The molecule has 1 N–H and O–H groups in total. The Hall–Kier alpha value is -1.69. The summed E-state index contributed by atoms with van der Waals surface area (Å²) in [5, 5.41) is 11.3. The number of carbonyl (C=O) groups is 1. The Labute approximate surface area is 119 Å². The largest absolute Gasteiger partial charge is 0.345 e. The quantitative estimate of drug-likeness (QED) is 0.923. The topological polar surface area (TPSA) is 59.8 Å². The standard InChI is InChI=1S/C13H13BrN4O/c1-2-3-11-16-17-12-7-15-13(19)9-6-8(14)4-5-10(9)18(11)12/h4-6H,2-3,7H2,1H3,(H,15,19). The number of carbonyl (C=O) groups excluding carboxylic acids is 1. The normalized spacial score (nSPS) is 13.5. The van der Waals surface area contributed by atoms with Crippen molar-refractivity contribution < 1.29 is 4.79 Å². The first-order valence-corrected chi connectivity index (χ1v) is 7.01. The molecular weight excluding hydrogens is 308 g/mol. The van der Waals surface area contributed by atoms with Gasteiger partial charge in [0, 0.05) is 10.9 Å². The van der Waals surface area contributed by atoms with E-state index >= 15 is 0 Å². The molecule has 2 aromatic rings. The minimum atomic E-state index is -0.0794. The first-order chi connectivity index (χ1) is 9.20. The maximum Gasteiger partial charge on any atom is 0.253 e. The van der Waals surface area contributed by atoms with Crippen molar-refractivity contribution in [2.24, 2.45) is 0 Å². The molecule has 6 heteroatoms. The number of benzene rings is 1. The van der Waals surface area contributed by atoms with Gasteiger partial charge in [0.2, 0.25) is 0 Å². The summed E-state index contributed by atoms with van der Waals surface area (Å²) in [5.41, 5.74) is 1.49. The molecule has 5 nitrogen and oxygen atoms in total. The maximum absolute atomic E-state index is 12.1. The van der Waals surface area contributed by atoms with Crippen LogP contribution in [0.25, 0.3) is 5.69 Å². The molecule has 0 bridgehead atoms. The number of amides is 1.